The summed E-state index contributed by atoms with van der Waals surface area (Å²) in [7, 11) is 1.14. The van der Waals surface area contributed by atoms with E-state index in [2.05, 4.69) is 14.7 Å². The van der Waals surface area contributed by atoms with Crippen LogP contribution < -0.4 is 14.2 Å². The van der Waals surface area contributed by atoms with Crippen LogP contribution in [0.25, 0.3) is 0 Å². The van der Waals surface area contributed by atoms with E-state index in [0.717, 1.165) is 34.0 Å². The van der Waals surface area contributed by atoms with Gasteiger partial charge in [-0.05, 0) is 48.5 Å². The lowest BCUT2D eigenvalue weighted by Gasteiger charge is -2.09. The quantitative estimate of drug-likeness (QED) is 0.610. The van der Waals surface area contributed by atoms with E-state index in [1.165, 1.54) is 13.4 Å². The van der Waals surface area contributed by atoms with Crippen molar-refractivity contribution in [2.45, 2.75) is 17.7 Å². The first-order valence-electron chi connectivity index (χ1n) is 8.97. The number of rotatable bonds is 8. The standard InChI is InChI=1S/C21H23N3O4S/c1-22-29(25,26)21-6-4-5-15(11-21)7-17-12-18(24-14-23-17)8-16-9-19(27-2)13-20(10-16)28-3/h4-6,9-14,22H,7-8H2,1-3H3. The number of nitrogens with zero attached hydrogens (tertiary/aromatic N) is 2. The summed E-state index contributed by atoms with van der Waals surface area (Å²) in [5, 5.41) is 0. The van der Waals surface area contributed by atoms with E-state index >= 15 is 0 Å². The Balaban J connectivity index is 1.81. The minimum atomic E-state index is -3.48. The summed E-state index contributed by atoms with van der Waals surface area (Å²) in [6.45, 7) is 0. The number of hydrogen-bond acceptors (Lipinski definition) is 6. The molecule has 152 valence electrons. The Labute approximate surface area is 170 Å². The van der Waals surface area contributed by atoms with Crippen LogP contribution in [0.1, 0.15) is 22.5 Å². The monoisotopic (exact) mass is 413 g/mol. The molecule has 0 unspecified atom stereocenters. The van der Waals surface area contributed by atoms with Gasteiger partial charge in [0.2, 0.25) is 10.0 Å². The molecule has 0 amide bonds. The van der Waals surface area contributed by atoms with E-state index in [1.807, 2.05) is 30.3 Å². The minimum Gasteiger partial charge on any atom is -0.497 e. The Bertz CT molecular complexity index is 1080. The summed E-state index contributed by atoms with van der Waals surface area (Å²) in [4.78, 5) is 8.92. The predicted octanol–water partition coefficient (Wildman–Crippen LogP) is 2.58. The van der Waals surface area contributed by atoms with E-state index < -0.39 is 10.0 Å². The van der Waals surface area contributed by atoms with Crippen molar-refractivity contribution in [3.05, 3.63) is 77.4 Å². The molecule has 1 aromatic heterocycles. The summed E-state index contributed by atoms with van der Waals surface area (Å²) in [6, 6.07) is 14.4. The molecular weight excluding hydrogens is 390 g/mol. The second-order valence-electron chi connectivity index (χ2n) is 6.43. The highest BCUT2D eigenvalue weighted by Crippen LogP contribution is 2.24. The Morgan fingerprint density at radius 3 is 2.07 bits per heavy atom. The molecule has 1 heterocycles. The molecule has 0 bridgehead atoms. The fourth-order valence-electron chi connectivity index (χ4n) is 2.96. The fraction of sp³-hybridized carbons (Fsp3) is 0.238. The highest BCUT2D eigenvalue weighted by Gasteiger charge is 2.12. The van der Waals surface area contributed by atoms with Gasteiger partial charge >= 0.3 is 0 Å². The topological polar surface area (TPSA) is 90.4 Å². The Hall–Kier alpha value is -2.97. The van der Waals surface area contributed by atoms with E-state index in [9.17, 15) is 8.42 Å². The largest absolute Gasteiger partial charge is 0.497 e. The zero-order valence-corrected chi connectivity index (χ0v) is 17.4. The summed E-state index contributed by atoms with van der Waals surface area (Å²) in [5.41, 5.74) is 3.52. The van der Waals surface area contributed by atoms with Gasteiger partial charge in [0.05, 0.1) is 19.1 Å². The van der Waals surface area contributed by atoms with Gasteiger partial charge in [-0.25, -0.2) is 23.1 Å². The highest BCUT2D eigenvalue weighted by molar-refractivity contribution is 7.89. The molecule has 0 aliphatic rings. The molecule has 0 spiro atoms. The molecule has 3 rings (SSSR count). The highest BCUT2D eigenvalue weighted by atomic mass is 32.2. The fourth-order valence-corrected chi connectivity index (χ4v) is 3.76. The third-order valence-electron chi connectivity index (χ3n) is 4.44. The van der Waals surface area contributed by atoms with Crippen LogP contribution in [0.3, 0.4) is 0 Å². The lowest BCUT2D eigenvalue weighted by atomic mass is 10.1. The maximum atomic E-state index is 12.0. The molecule has 1 N–H and O–H groups in total. The van der Waals surface area contributed by atoms with E-state index in [1.54, 1.807) is 32.4 Å². The third kappa shape index (κ3) is 5.30. The lowest BCUT2D eigenvalue weighted by molar-refractivity contribution is 0.393. The van der Waals surface area contributed by atoms with Gasteiger partial charge < -0.3 is 9.47 Å². The summed E-state index contributed by atoms with van der Waals surface area (Å²) < 4.78 is 37.0. The smallest absolute Gasteiger partial charge is 0.240 e. The number of ether oxygens (including phenoxy) is 2. The Morgan fingerprint density at radius 2 is 1.48 bits per heavy atom. The summed E-state index contributed by atoms with van der Waals surface area (Å²) in [6.07, 6.45) is 2.62. The van der Waals surface area contributed by atoms with E-state index in [-0.39, 0.29) is 4.90 Å². The van der Waals surface area contributed by atoms with Crippen LogP contribution in [0, 0.1) is 0 Å². The molecule has 0 atom stereocenters. The van der Waals surface area contributed by atoms with Gasteiger partial charge in [0.1, 0.15) is 17.8 Å². The molecule has 0 saturated heterocycles. The van der Waals surface area contributed by atoms with Crippen LogP contribution in [0.4, 0.5) is 0 Å². The number of aromatic nitrogens is 2. The number of sulfonamides is 1. The van der Waals surface area contributed by atoms with E-state index in [0.29, 0.717) is 12.8 Å². The van der Waals surface area contributed by atoms with Crippen LogP contribution in [0.5, 0.6) is 11.5 Å². The van der Waals surface area contributed by atoms with Gasteiger partial charge in [0.15, 0.2) is 0 Å². The van der Waals surface area contributed by atoms with Crippen molar-refractivity contribution < 1.29 is 17.9 Å². The van der Waals surface area contributed by atoms with Crippen LogP contribution >= 0.6 is 0 Å². The van der Waals surface area contributed by atoms with Crippen LogP contribution in [0.2, 0.25) is 0 Å². The first-order valence-corrected chi connectivity index (χ1v) is 10.5. The van der Waals surface area contributed by atoms with E-state index in [4.69, 9.17) is 9.47 Å². The molecule has 0 saturated carbocycles. The molecule has 29 heavy (non-hydrogen) atoms. The van der Waals surface area contributed by atoms with Gasteiger partial charge in [0, 0.05) is 30.3 Å². The third-order valence-corrected chi connectivity index (χ3v) is 5.85. The zero-order valence-electron chi connectivity index (χ0n) is 16.5. The molecule has 0 aliphatic heterocycles. The number of hydrogen-bond donors (Lipinski definition) is 1. The molecule has 8 heteroatoms. The molecule has 3 aromatic rings. The average Bonchev–Trinajstić information content (AvgIpc) is 2.74. The molecule has 2 aromatic carbocycles. The van der Waals surface area contributed by atoms with Crippen molar-refractivity contribution in [1.82, 2.24) is 14.7 Å². The van der Waals surface area contributed by atoms with Gasteiger partial charge in [-0.2, -0.15) is 0 Å². The Morgan fingerprint density at radius 1 is 0.862 bits per heavy atom. The maximum absolute atomic E-state index is 12.0. The zero-order chi connectivity index (χ0) is 20.9. The van der Waals surface area contributed by atoms with Gasteiger partial charge in [-0.3, -0.25) is 0 Å². The maximum Gasteiger partial charge on any atom is 0.240 e. The minimum absolute atomic E-state index is 0.232. The number of methoxy groups -OCH3 is 2. The van der Waals surface area contributed by atoms with Crippen molar-refractivity contribution in [2.75, 3.05) is 21.3 Å². The van der Waals surface area contributed by atoms with Gasteiger partial charge in [-0.1, -0.05) is 12.1 Å². The second kappa shape index (κ2) is 9.02. The van der Waals surface area contributed by atoms with Gasteiger partial charge in [0.25, 0.3) is 0 Å². The second-order valence-corrected chi connectivity index (χ2v) is 8.32. The normalized spacial score (nSPS) is 11.3. The number of benzene rings is 2. The van der Waals surface area contributed by atoms with Crippen LogP contribution in [0.15, 0.2) is 59.8 Å². The summed E-state index contributed by atoms with van der Waals surface area (Å²) >= 11 is 0. The first kappa shape index (κ1) is 20.8. The molecule has 7 nitrogen and oxygen atoms in total. The average molecular weight is 413 g/mol. The van der Waals surface area contributed by atoms with Crippen molar-refractivity contribution in [1.29, 1.82) is 0 Å². The lowest BCUT2D eigenvalue weighted by Crippen LogP contribution is -2.18. The van der Waals surface area contributed by atoms with Crippen LogP contribution in [-0.2, 0) is 22.9 Å². The van der Waals surface area contributed by atoms with Crippen molar-refractivity contribution >= 4 is 10.0 Å². The summed E-state index contributed by atoms with van der Waals surface area (Å²) in [5.74, 6) is 1.44. The Kier molecular flexibility index (Phi) is 6.46. The molecule has 0 fully saturated rings. The van der Waals surface area contributed by atoms with Crippen molar-refractivity contribution in [2.24, 2.45) is 0 Å². The molecule has 0 aliphatic carbocycles. The first-order chi connectivity index (χ1) is 13.9. The van der Waals surface area contributed by atoms with Crippen LogP contribution in [-0.4, -0.2) is 39.7 Å². The SMILES string of the molecule is CNS(=O)(=O)c1cccc(Cc2cc(Cc3cc(OC)cc(OC)c3)ncn2)c1. The number of nitrogens with one attached hydrogen (secondary N) is 1. The van der Waals surface area contributed by atoms with Crippen molar-refractivity contribution in [3.63, 3.8) is 0 Å². The van der Waals surface area contributed by atoms with Gasteiger partial charge in [-0.15, -0.1) is 0 Å². The molecular formula is C21H23N3O4S. The van der Waals surface area contributed by atoms with Crippen molar-refractivity contribution in [3.8, 4) is 11.5 Å². The molecule has 0 radical (unpaired) electrons. The predicted molar refractivity (Wildman–Crippen MR) is 110 cm³/mol.